The van der Waals surface area contributed by atoms with E-state index in [0.29, 0.717) is 13.0 Å². The Labute approximate surface area is 198 Å². The van der Waals surface area contributed by atoms with E-state index >= 15 is 0 Å². The van der Waals surface area contributed by atoms with Gasteiger partial charge in [-0.1, -0.05) is 37.3 Å². The van der Waals surface area contributed by atoms with Gasteiger partial charge in [0.2, 0.25) is 0 Å². The summed E-state index contributed by atoms with van der Waals surface area (Å²) in [6.45, 7) is 5.70. The van der Waals surface area contributed by atoms with Crippen LogP contribution in [-0.2, 0) is 24.3 Å². The van der Waals surface area contributed by atoms with Gasteiger partial charge in [-0.2, -0.15) is 0 Å². The SMILES string of the molecule is CCC(C)OCc1ccc2c(c1)c1c3c[nH]c(O)c3c3c(c1n2CCCO)Cc1ccccc1-3. The Hall–Kier alpha value is -3.28. The second-order valence-electron chi connectivity index (χ2n) is 9.45. The van der Waals surface area contributed by atoms with Gasteiger partial charge in [-0.15, -0.1) is 0 Å². The van der Waals surface area contributed by atoms with Crippen molar-refractivity contribution in [2.75, 3.05) is 6.61 Å². The number of aromatic amines is 1. The van der Waals surface area contributed by atoms with E-state index in [1.807, 2.05) is 6.20 Å². The van der Waals surface area contributed by atoms with Crippen LogP contribution >= 0.6 is 0 Å². The molecule has 5 nitrogen and oxygen atoms in total. The monoisotopic (exact) mass is 454 g/mol. The van der Waals surface area contributed by atoms with Gasteiger partial charge >= 0.3 is 0 Å². The summed E-state index contributed by atoms with van der Waals surface area (Å²) < 4.78 is 8.40. The van der Waals surface area contributed by atoms with E-state index in [4.69, 9.17) is 4.74 Å². The topological polar surface area (TPSA) is 70.4 Å². The molecule has 1 aliphatic rings. The van der Waals surface area contributed by atoms with Crippen molar-refractivity contribution >= 4 is 32.6 Å². The fourth-order valence-corrected chi connectivity index (χ4v) is 5.61. The molecule has 5 heteroatoms. The Morgan fingerprint density at radius 3 is 2.79 bits per heavy atom. The van der Waals surface area contributed by atoms with Crippen LogP contribution in [0.15, 0.2) is 48.7 Å². The number of ether oxygens (including phenoxy) is 1. The number of benzene rings is 3. The molecular formula is C29H30N2O3. The molecule has 6 rings (SSSR count). The lowest BCUT2D eigenvalue weighted by Gasteiger charge is -2.12. The van der Waals surface area contributed by atoms with Gasteiger partial charge in [0.25, 0.3) is 0 Å². The number of hydrogen-bond acceptors (Lipinski definition) is 3. The number of fused-ring (bicyclic) bond motifs is 10. The molecule has 3 aromatic carbocycles. The number of hydrogen-bond donors (Lipinski definition) is 3. The van der Waals surface area contributed by atoms with E-state index in [0.717, 1.165) is 52.2 Å². The minimum Gasteiger partial charge on any atom is -0.494 e. The second-order valence-corrected chi connectivity index (χ2v) is 9.45. The molecule has 0 saturated heterocycles. The lowest BCUT2D eigenvalue weighted by molar-refractivity contribution is 0.0509. The predicted octanol–water partition coefficient (Wildman–Crippen LogP) is 6.25. The van der Waals surface area contributed by atoms with Crippen LogP contribution in [0.4, 0.5) is 0 Å². The molecule has 34 heavy (non-hydrogen) atoms. The van der Waals surface area contributed by atoms with E-state index in [9.17, 15) is 10.2 Å². The summed E-state index contributed by atoms with van der Waals surface area (Å²) in [5.74, 6) is 0.220. The largest absolute Gasteiger partial charge is 0.494 e. The number of H-pyrrole nitrogens is 1. The zero-order chi connectivity index (χ0) is 23.4. The lowest BCUT2D eigenvalue weighted by atomic mass is 9.96. The minimum atomic E-state index is 0.150. The molecule has 0 saturated carbocycles. The predicted molar refractivity (Wildman–Crippen MR) is 137 cm³/mol. The first-order valence-electron chi connectivity index (χ1n) is 12.2. The van der Waals surface area contributed by atoms with Crippen LogP contribution in [0.3, 0.4) is 0 Å². The third-order valence-electron chi connectivity index (χ3n) is 7.40. The Kier molecular flexibility index (Phi) is 5.12. The number of rotatable bonds is 7. The van der Waals surface area contributed by atoms with Crippen LogP contribution in [0.25, 0.3) is 43.7 Å². The quantitative estimate of drug-likeness (QED) is 0.267. The summed E-state index contributed by atoms with van der Waals surface area (Å²) in [6.07, 6.45) is 4.67. The number of aromatic hydroxyl groups is 1. The van der Waals surface area contributed by atoms with Crippen molar-refractivity contribution in [3.8, 4) is 17.0 Å². The summed E-state index contributed by atoms with van der Waals surface area (Å²) in [5.41, 5.74) is 8.37. The van der Waals surface area contributed by atoms with Crippen molar-refractivity contribution < 1.29 is 14.9 Å². The molecule has 1 atom stereocenters. The molecule has 2 heterocycles. The molecular weight excluding hydrogens is 424 g/mol. The first kappa shape index (κ1) is 21.3. The molecule has 174 valence electrons. The third kappa shape index (κ3) is 3.07. The highest BCUT2D eigenvalue weighted by Crippen LogP contribution is 2.50. The van der Waals surface area contributed by atoms with Crippen molar-refractivity contribution in [3.63, 3.8) is 0 Å². The number of nitrogens with zero attached hydrogens (tertiary/aromatic N) is 1. The van der Waals surface area contributed by atoms with Gasteiger partial charge in [-0.3, -0.25) is 0 Å². The summed E-state index contributed by atoms with van der Waals surface area (Å²) in [5, 5.41) is 24.8. The fourth-order valence-electron chi connectivity index (χ4n) is 5.61. The smallest absolute Gasteiger partial charge is 0.197 e. The normalized spacial score (nSPS) is 13.7. The lowest BCUT2D eigenvalue weighted by Crippen LogP contribution is -2.06. The molecule has 0 fully saturated rings. The molecule has 3 N–H and O–H groups in total. The van der Waals surface area contributed by atoms with E-state index in [1.165, 1.54) is 27.6 Å². The van der Waals surface area contributed by atoms with E-state index in [1.54, 1.807) is 0 Å². The maximum Gasteiger partial charge on any atom is 0.197 e. The van der Waals surface area contributed by atoms with Gasteiger partial charge in [0, 0.05) is 53.0 Å². The third-order valence-corrected chi connectivity index (χ3v) is 7.40. The molecule has 1 unspecified atom stereocenters. The standard InChI is InChI=1S/C29H30N2O3/c1-3-17(2)34-16-18-9-10-24-21(13-18)26-23-15-30-29(33)27(23)25-20-8-5-4-7-19(20)14-22(25)28(26)31(24)11-6-12-32/h4-5,7-10,13,15,17,30,32-33H,3,6,11-12,14,16H2,1-2H3. The molecule has 0 aliphatic heterocycles. The van der Waals surface area contributed by atoms with Crippen LogP contribution in [0.1, 0.15) is 43.4 Å². The highest BCUT2D eigenvalue weighted by molar-refractivity contribution is 6.27. The molecule has 0 bridgehead atoms. The van der Waals surface area contributed by atoms with Gasteiger partial charge in [-0.05, 0) is 54.2 Å². The summed E-state index contributed by atoms with van der Waals surface area (Å²) in [7, 11) is 0. The maximum atomic E-state index is 10.9. The van der Waals surface area contributed by atoms with Crippen LogP contribution in [0.5, 0.6) is 5.88 Å². The van der Waals surface area contributed by atoms with Crippen molar-refractivity contribution in [2.24, 2.45) is 0 Å². The average molecular weight is 455 g/mol. The first-order chi connectivity index (χ1) is 16.6. The van der Waals surface area contributed by atoms with Crippen LogP contribution in [-0.4, -0.2) is 32.5 Å². The first-order valence-corrected chi connectivity index (χ1v) is 12.2. The van der Waals surface area contributed by atoms with Crippen molar-refractivity contribution in [3.05, 3.63) is 65.4 Å². The van der Waals surface area contributed by atoms with Crippen LogP contribution in [0, 0.1) is 0 Å². The molecule has 0 radical (unpaired) electrons. The van der Waals surface area contributed by atoms with Gasteiger partial charge < -0.3 is 24.5 Å². The van der Waals surface area contributed by atoms with Crippen molar-refractivity contribution in [1.82, 2.24) is 9.55 Å². The number of aromatic nitrogens is 2. The molecule has 0 spiro atoms. The van der Waals surface area contributed by atoms with Crippen molar-refractivity contribution in [2.45, 2.75) is 52.4 Å². The van der Waals surface area contributed by atoms with Crippen LogP contribution < -0.4 is 0 Å². The zero-order valence-corrected chi connectivity index (χ0v) is 19.7. The summed E-state index contributed by atoms with van der Waals surface area (Å²) in [4.78, 5) is 3.09. The van der Waals surface area contributed by atoms with E-state index < -0.39 is 0 Å². The van der Waals surface area contributed by atoms with Crippen molar-refractivity contribution in [1.29, 1.82) is 0 Å². The number of aryl methyl sites for hydroxylation is 1. The molecule has 5 aromatic rings. The Morgan fingerprint density at radius 2 is 1.97 bits per heavy atom. The average Bonchev–Trinajstić information content (AvgIpc) is 3.52. The van der Waals surface area contributed by atoms with E-state index in [2.05, 4.69) is 65.9 Å². The molecule has 1 aliphatic carbocycles. The number of aliphatic hydroxyl groups excluding tert-OH is 1. The molecule has 0 amide bonds. The molecule has 2 aromatic heterocycles. The van der Waals surface area contributed by atoms with Gasteiger partial charge in [0.05, 0.1) is 23.6 Å². The Morgan fingerprint density at radius 1 is 1.12 bits per heavy atom. The van der Waals surface area contributed by atoms with E-state index in [-0.39, 0.29) is 18.6 Å². The van der Waals surface area contributed by atoms with Gasteiger partial charge in [-0.25, -0.2) is 0 Å². The van der Waals surface area contributed by atoms with Gasteiger partial charge in [0.1, 0.15) is 0 Å². The minimum absolute atomic E-state index is 0.150. The van der Waals surface area contributed by atoms with Gasteiger partial charge in [0.15, 0.2) is 5.88 Å². The zero-order valence-electron chi connectivity index (χ0n) is 19.7. The second kappa shape index (κ2) is 8.19. The van der Waals surface area contributed by atoms with Crippen LogP contribution in [0.2, 0.25) is 0 Å². The fraction of sp³-hybridized carbons (Fsp3) is 0.310. The summed E-state index contributed by atoms with van der Waals surface area (Å²) in [6, 6.07) is 15.1. The summed E-state index contributed by atoms with van der Waals surface area (Å²) >= 11 is 0. The maximum absolute atomic E-state index is 10.9. The number of aliphatic hydroxyl groups is 1. The number of nitrogens with one attached hydrogen (secondary N) is 1. The Balaban J connectivity index is 1.69. The highest BCUT2D eigenvalue weighted by atomic mass is 16.5. The Bertz CT molecular complexity index is 1540. The highest BCUT2D eigenvalue weighted by Gasteiger charge is 2.29.